The molecule has 19 heavy (non-hydrogen) atoms. The quantitative estimate of drug-likeness (QED) is 0.813. The highest BCUT2D eigenvalue weighted by atomic mass is 35.5. The van der Waals surface area contributed by atoms with Crippen LogP contribution in [0, 0.1) is 5.92 Å². The summed E-state index contributed by atoms with van der Waals surface area (Å²) >= 11 is 11.3. The second-order valence-corrected chi connectivity index (χ2v) is 6.14. The predicted octanol–water partition coefficient (Wildman–Crippen LogP) is 3.60. The van der Waals surface area contributed by atoms with Crippen LogP contribution in [0.25, 0.3) is 0 Å². The van der Waals surface area contributed by atoms with Gasteiger partial charge < -0.3 is 5.73 Å². The van der Waals surface area contributed by atoms with Crippen LogP contribution in [0.1, 0.15) is 37.3 Å². The molecule has 2 rings (SSSR count). The summed E-state index contributed by atoms with van der Waals surface area (Å²) in [6.07, 6.45) is 4.15. The maximum Gasteiger partial charge on any atom is 0.104 e. The molecule has 0 aliphatic heterocycles. The number of rotatable bonds is 6. The van der Waals surface area contributed by atoms with Gasteiger partial charge in [-0.15, -0.1) is 0 Å². The third-order valence-electron chi connectivity index (χ3n) is 3.92. The molecule has 2 N–H and O–H groups in total. The first-order chi connectivity index (χ1) is 9.10. The average Bonchev–Trinajstić information content (AvgIpc) is 2.33. The summed E-state index contributed by atoms with van der Waals surface area (Å²) < 4.78 is 0. The summed E-state index contributed by atoms with van der Waals surface area (Å²) in [6.45, 7) is 5.35. The van der Waals surface area contributed by atoms with E-state index in [0.29, 0.717) is 4.99 Å². The number of hydrogen-bond acceptors (Lipinski definition) is 2. The molecule has 0 atom stereocenters. The van der Waals surface area contributed by atoms with Crippen molar-refractivity contribution in [1.29, 1.82) is 0 Å². The molecular formula is C15H21ClN2S. The molecule has 1 saturated carbocycles. The van der Waals surface area contributed by atoms with E-state index in [1.807, 2.05) is 18.2 Å². The lowest BCUT2D eigenvalue weighted by atomic mass is 9.85. The number of hydrogen-bond donors (Lipinski definition) is 1. The van der Waals surface area contributed by atoms with Gasteiger partial charge >= 0.3 is 0 Å². The van der Waals surface area contributed by atoms with Crippen LogP contribution in [0.15, 0.2) is 18.2 Å². The van der Waals surface area contributed by atoms with Crippen molar-refractivity contribution in [3.8, 4) is 0 Å². The molecule has 1 aliphatic carbocycles. The Bertz CT molecular complexity index is 457. The van der Waals surface area contributed by atoms with Crippen molar-refractivity contribution >= 4 is 28.8 Å². The molecule has 104 valence electrons. The van der Waals surface area contributed by atoms with Crippen molar-refractivity contribution < 1.29 is 0 Å². The molecule has 0 unspecified atom stereocenters. The molecular weight excluding hydrogens is 276 g/mol. The van der Waals surface area contributed by atoms with Crippen LogP contribution in [0.2, 0.25) is 5.02 Å². The molecule has 0 heterocycles. The molecule has 0 saturated heterocycles. The van der Waals surface area contributed by atoms with Gasteiger partial charge in [0.1, 0.15) is 4.99 Å². The first-order valence-electron chi connectivity index (χ1n) is 6.90. The van der Waals surface area contributed by atoms with E-state index in [-0.39, 0.29) is 0 Å². The smallest absolute Gasteiger partial charge is 0.104 e. The monoisotopic (exact) mass is 296 g/mol. The number of halogens is 1. The second-order valence-electron chi connectivity index (χ2n) is 5.30. The number of nitrogens with zero attached hydrogens (tertiary/aromatic N) is 1. The van der Waals surface area contributed by atoms with Crippen molar-refractivity contribution in [2.45, 2.75) is 32.7 Å². The molecule has 0 aromatic heterocycles. The molecule has 1 aromatic rings. The van der Waals surface area contributed by atoms with Crippen molar-refractivity contribution in [3.63, 3.8) is 0 Å². The lowest BCUT2D eigenvalue weighted by Gasteiger charge is -2.32. The second kappa shape index (κ2) is 6.69. The topological polar surface area (TPSA) is 29.3 Å². The SMILES string of the molecule is CCN(Cc1ccc(C(N)=S)cc1Cl)CC1CCC1. The maximum absolute atomic E-state index is 6.32. The molecule has 0 amide bonds. The zero-order valence-electron chi connectivity index (χ0n) is 11.4. The van der Waals surface area contributed by atoms with Gasteiger partial charge in [-0.2, -0.15) is 0 Å². The van der Waals surface area contributed by atoms with Gasteiger partial charge in [-0.05, 0) is 36.9 Å². The Morgan fingerprint density at radius 3 is 2.68 bits per heavy atom. The van der Waals surface area contributed by atoms with E-state index in [4.69, 9.17) is 29.6 Å². The molecule has 0 bridgehead atoms. The molecule has 1 aromatic carbocycles. The summed E-state index contributed by atoms with van der Waals surface area (Å²) in [6, 6.07) is 5.87. The molecule has 1 fully saturated rings. The number of thiocarbonyl (C=S) groups is 1. The zero-order valence-corrected chi connectivity index (χ0v) is 12.9. The van der Waals surface area contributed by atoms with E-state index < -0.39 is 0 Å². The van der Waals surface area contributed by atoms with Gasteiger partial charge in [-0.25, -0.2) is 0 Å². The highest BCUT2D eigenvalue weighted by Crippen LogP contribution is 2.28. The molecule has 0 spiro atoms. The average molecular weight is 297 g/mol. The van der Waals surface area contributed by atoms with Gasteiger partial charge in [-0.3, -0.25) is 4.90 Å². The van der Waals surface area contributed by atoms with E-state index in [1.54, 1.807) is 0 Å². The minimum absolute atomic E-state index is 0.398. The largest absolute Gasteiger partial charge is 0.389 e. The Labute approximate surface area is 125 Å². The standard InChI is InChI=1S/C15H21ClN2S/c1-2-18(9-11-4-3-5-11)10-13-7-6-12(15(17)19)8-14(13)16/h6-8,11H,2-5,9-10H2,1H3,(H2,17,19). The van der Waals surface area contributed by atoms with Gasteiger partial charge in [-0.1, -0.05) is 49.3 Å². The van der Waals surface area contributed by atoms with E-state index in [0.717, 1.165) is 35.2 Å². The fourth-order valence-corrected chi connectivity index (χ4v) is 2.78. The van der Waals surface area contributed by atoms with Gasteiger partial charge in [0.15, 0.2) is 0 Å². The number of benzene rings is 1. The zero-order chi connectivity index (χ0) is 13.8. The minimum atomic E-state index is 0.398. The van der Waals surface area contributed by atoms with Crippen molar-refractivity contribution in [1.82, 2.24) is 4.90 Å². The fourth-order valence-electron chi connectivity index (χ4n) is 2.42. The third-order valence-corrected chi connectivity index (χ3v) is 4.51. The van der Waals surface area contributed by atoms with Crippen LogP contribution in [0.3, 0.4) is 0 Å². The van der Waals surface area contributed by atoms with E-state index in [2.05, 4.69) is 11.8 Å². The van der Waals surface area contributed by atoms with Crippen LogP contribution in [-0.2, 0) is 6.54 Å². The van der Waals surface area contributed by atoms with E-state index in [9.17, 15) is 0 Å². The van der Waals surface area contributed by atoms with Gasteiger partial charge in [0.2, 0.25) is 0 Å². The Hall–Kier alpha value is -0.640. The van der Waals surface area contributed by atoms with Crippen LogP contribution >= 0.6 is 23.8 Å². The summed E-state index contributed by atoms with van der Waals surface area (Å²) in [5.41, 5.74) is 7.61. The predicted molar refractivity (Wildman–Crippen MR) is 85.6 cm³/mol. The van der Waals surface area contributed by atoms with E-state index >= 15 is 0 Å². The molecule has 0 radical (unpaired) electrons. The number of nitrogens with two attached hydrogens (primary N) is 1. The Kier molecular flexibility index (Phi) is 5.20. The Morgan fingerprint density at radius 2 is 2.21 bits per heavy atom. The first kappa shape index (κ1) is 14.8. The normalized spacial score (nSPS) is 15.5. The summed E-state index contributed by atoms with van der Waals surface area (Å²) in [5.74, 6) is 0.884. The molecule has 4 heteroatoms. The highest BCUT2D eigenvalue weighted by Gasteiger charge is 2.20. The van der Waals surface area contributed by atoms with E-state index in [1.165, 1.54) is 25.8 Å². The van der Waals surface area contributed by atoms with Crippen LogP contribution in [0.5, 0.6) is 0 Å². The van der Waals surface area contributed by atoms with Crippen molar-refractivity contribution in [2.24, 2.45) is 11.7 Å². The molecule has 1 aliphatic rings. The van der Waals surface area contributed by atoms with Crippen LogP contribution < -0.4 is 5.73 Å². The first-order valence-corrected chi connectivity index (χ1v) is 7.69. The van der Waals surface area contributed by atoms with Gasteiger partial charge in [0.05, 0.1) is 0 Å². The fraction of sp³-hybridized carbons (Fsp3) is 0.533. The highest BCUT2D eigenvalue weighted by molar-refractivity contribution is 7.80. The van der Waals surface area contributed by atoms with Crippen molar-refractivity contribution in [3.05, 3.63) is 34.3 Å². The van der Waals surface area contributed by atoms with Crippen LogP contribution in [-0.4, -0.2) is 23.0 Å². The van der Waals surface area contributed by atoms with Gasteiger partial charge in [0.25, 0.3) is 0 Å². The summed E-state index contributed by atoms with van der Waals surface area (Å²) in [5, 5.41) is 0.761. The van der Waals surface area contributed by atoms with Crippen molar-refractivity contribution in [2.75, 3.05) is 13.1 Å². The Morgan fingerprint density at radius 1 is 1.47 bits per heavy atom. The lowest BCUT2D eigenvalue weighted by molar-refractivity contribution is 0.178. The Balaban J connectivity index is 2.01. The minimum Gasteiger partial charge on any atom is -0.389 e. The molecule has 2 nitrogen and oxygen atoms in total. The summed E-state index contributed by atoms with van der Waals surface area (Å²) in [4.78, 5) is 2.86. The van der Waals surface area contributed by atoms with Crippen LogP contribution in [0.4, 0.5) is 0 Å². The lowest BCUT2D eigenvalue weighted by Crippen LogP contribution is -2.32. The van der Waals surface area contributed by atoms with Gasteiger partial charge in [0, 0.05) is 23.7 Å². The summed E-state index contributed by atoms with van der Waals surface area (Å²) in [7, 11) is 0. The maximum atomic E-state index is 6.32. The third kappa shape index (κ3) is 3.91.